The van der Waals surface area contributed by atoms with Crippen LogP contribution in [0, 0.1) is 11.8 Å². The van der Waals surface area contributed by atoms with E-state index in [-0.39, 0.29) is 0 Å². The van der Waals surface area contributed by atoms with Crippen LogP contribution in [0.25, 0.3) is 0 Å². The van der Waals surface area contributed by atoms with Gasteiger partial charge in [-0.15, -0.1) is 0 Å². The van der Waals surface area contributed by atoms with Crippen LogP contribution in [0.3, 0.4) is 0 Å². The molecule has 2 aliphatic rings. The monoisotopic (exact) mass is 192 g/mol. The van der Waals surface area contributed by atoms with Crippen molar-refractivity contribution in [2.45, 2.75) is 45.7 Å². The van der Waals surface area contributed by atoms with Crippen molar-refractivity contribution in [3.8, 4) is 0 Å². The van der Waals surface area contributed by atoms with Crippen LogP contribution >= 0.6 is 0 Å². The topological polar surface area (TPSA) is 24.4 Å². The minimum absolute atomic E-state index is 0.454. The van der Waals surface area contributed by atoms with Crippen LogP contribution in [-0.2, 0) is 0 Å². The lowest BCUT2D eigenvalue weighted by molar-refractivity contribution is 0.422. The third-order valence-corrected chi connectivity index (χ3v) is 3.42. The highest BCUT2D eigenvalue weighted by atomic mass is 15.0. The number of nitrogens with zero attached hydrogens (tertiary/aromatic N) is 1. The van der Waals surface area contributed by atoms with Crippen LogP contribution in [0.4, 0.5) is 0 Å². The first-order valence-corrected chi connectivity index (χ1v) is 5.65. The Labute approximate surface area is 86.5 Å². The molecule has 2 rings (SSSR count). The van der Waals surface area contributed by atoms with Gasteiger partial charge in [-0.25, -0.2) is 0 Å². The molecule has 0 aromatic heterocycles. The molecule has 2 nitrogen and oxygen atoms in total. The standard InChI is InChI=1S/C12H20N2/c1-8-6-7-13-10(3)12(8)14-9(2)11-4-5-11/h6-9,11-12,14H,4-5H2,1-3H3. The Kier molecular flexibility index (Phi) is 2.73. The fourth-order valence-electron chi connectivity index (χ4n) is 2.16. The molecule has 1 aliphatic heterocycles. The molecule has 1 heterocycles. The molecule has 78 valence electrons. The number of hydrogen-bond acceptors (Lipinski definition) is 2. The zero-order chi connectivity index (χ0) is 10.1. The van der Waals surface area contributed by atoms with Crippen LogP contribution < -0.4 is 5.32 Å². The third kappa shape index (κ3) is 2.06. The minimum Gasteiger partial charge on any atom is -0.306 e. The molecule has 0 aromatic carbocycles. The summed E-state index contributed by atoms with van der Waals surface area (Å²) in [5.41, 5.74) is 1.23. The smallest absolute Gasteiger partial charge is 0.0516 e. The normalized spacial score (nSPS) is 34.1. The molecular weight excluding hydrogens is 172 g/mol. The predicted octanol–water partition coefficient (Wildman–Crippen LogP) is 2.37. The Balaban J connectivity index is 1.95. The lowest BCUT2D eigenvalue weighted by Gasteiger charge is -2.28. The number of hydrogen-bond donors (Lipinski definition) is 1. The van der Waals surface area contributed by atoms with Gasteiger partial charge in [-0.1, -0.05) is 13.0 Å². The molecule has 14 heavy (non-hydrogen) atoms. The van der Waals surface area contributed by atoms with E-state index in [2.05, 4.69) is 37.2 Å². The predicted molar refractivity (Wildman–Crippen MR) is 60.5 cm³/mol. The zero-order valence-corrected chi connectivity index (χ0v) is 9.33. The Morgan fingerprint density at radius 1 is 1.50 bits per heavy atom. The summed E-state index contributed by atoms with van der Waals surface area (Å²) in [5.74, 6) is 1.50. The average molecular weight is 192 g/mol. The van der Waals surface area contributed by atoms with Crippen molar-refractivity contribution in [2.75, 3.05) is 0 Å². The molecule has 0 radical (unpaired) electrons. The summed E-state index contributed by atoms with van der Waals surface area (Å²) < 4.78 is 0. The van der Waals surface area contributed by atoms with Crippen LogP contribution in [0.15, 0.2) is 17.3 Å². The Bertz CT molecular complexity index is 263. The van der Waals surface area contributed by atoms with Gasteiger partial charge in [0.25, 0.3) is 0 Å². The number of aliphatic imine (C=N–C) groups is 1. The van der Waals surface area contributed by atoms with E-state index in [0.717, 1.165) is 5.92 Å². The second-order valence-corrected chi connectivity index (χ2v) is 4.74. The molecule has 0 saturated heterocycles. The van der Waals surface area contributed by atoms with E-state index < -0.39 is 0 Å². The highest BCUT2D eigenvalue weighted by molar-refractivity contribution is 5.89. The summed E-state index contributed by atoms with van der Waals surface area (Å²) in [4.78, 5) is 4.37. The maximum absolute atomic E-state index is 4.37. The molecule has 1 saturated carbocycles. The van der Waals surface area contributed by atoms with Gasteiger partial charge in [-0.3, -0.25) is 4.99 Å². The van der Waals surface area contributed by atoms with Gasteiger partial charge in [-0.05, 0) is 38.5 Å². The highest BCUT2D eigenvalue weighted by Gasteiger charge is 2.31. The summed E-state index contributed by atoms with van der Waals surface area (Å²) in [6.07, 6.45) is 6.92. The molecule has 1 aliphatic carbocycles. The van der Waals surface area contributed by atoms with Crippen LogP contribution in [0.5, 0.6) is 0 Å². The molecule has 1 N–H and O–H groups in total. The molecule has 1 fully saturated rings. The maximum Gasteiger partial charge on any atom is 0.0516 e. The second-order valence-electron chi connectivity index (χ2n) is 4.74. The molecule has 0 spiro atoms. The molecule has 0 bridgehead atoms. The minimum atomic E-state index is 0.454. The van der Waals surface area contributed by atoms with Crippen molar-refractivity contribution in [2.24, 2.45) is 16.8 Å². The summed E-state index contributed by atoms with van der Waals surface area (Å²) in [7, 11) is 0. The average Bonchev–Trinajstić information content (AvgIpc) is 2.94. The lowest BCUT2D eigenvalue weighted by Crippen LogP contribution is -2.46. The molecule has 0 aromatic rings. The van der Waals surface area contributed by atoms with Crippen molar-refractivity contribution >= 4 is 5.71 Å². The van der Waals surface area contributed by atoms with Crippen molar-refractivity contribution in [3.05, 3.63) is 12.3 Å². The number of rotatable bonds is 3. The first kappa shape index (κ1) is 9.91. The molecule has 3 unspecified atom stereocenters. The molecule has 3 atom stereocenters. The fraction of sp³-hybridized carbons (Fsp3) is 0.750. The first-order chi connectivity index (χ1) is 6.68. The maximum atomic E-state index is 4.37. The fourth-order valence-corrected chi connectivity index (χ4v) is 2.16. The van der Waals surface area contributed by atoms with E-state index in [1.807, 2.05) is 6.20 Å². The van der Waals surface area contributed by atoms with Gasteiger partial charge in [0.15, 0.2) is 0 Å². The van der Waals surface area contributed by atoms with Crippen molar-refractivity contribution in [1.29, 1.82) is 0 Å². The zero-order valence-electron chi connectivity index (χ0n) is 9.33. The summed E-state index contributed by atoms with van der Waals surface area (Å²) in [6.45, 7) is 6.68. The van der Waals surface area contributed by atoms with E-state index in [0.29, 0.717) is 18.0 Å². The summed E-state index contributed by atoms with van der Waals surface area (Å²) >= 11 is 0. The van der Waals surface area contributed by atoms with E-state index in [1.165, 1.54) is 18.6 Å². The van der Waals surface area contributed by atoms with Gasteiger partial charge in [-0.2, -0.15) is 0 Å². The third-order valence-electron chi connectivity index (χ3n) is 3.42. The van der Waals surface area contributed by atoms with Crippen molar-refractivity contribution < 1.29 is 0 Å². The molecule has 2 heteroatoms. The Hall–Kier alpha value is -0.630. The van der Waals surface area contributed by atoms with Gasteiger partial charge in [0, 0.05) is 18.0 Å². The van der Waals surface area contributed by atoms with Crippen molar-refractivity contribution in [3.63, 3.8) is 0 Å². The van der Waals surface area contributed by atoms with Crippen molar-refractivity contribution in [1.82, 2.24) is 5.32 Å². The van der Waals surface area contributed by atoms with Crippen LogP contribution in [0.1, 0.15) is 33.6 Å². The van der Waals surface area contributed by atoms with Gasteiger partial charge in [0.2, 0.25) is 0 Å². The summed E-state index contributed by atoms with van der Waals surface area (Å²) in [5, 5.41) is 3.70. The van der Waals surface area contributed by atoms with Crippen LogP contribution in [-0.4, -0.2) is 17.8 Å². The van der Waals surface area contributed by atoms with E-state index in [9.17, 15) is 0 Å². The Morgan fingerprint density at radius 2 is 2.21 bits per heavy atom. The second kappa shape index (κ2) is 3.85. The van der Waals surface area contributed by atoms with Gasteiger partial charge in [0.05, 0.1) is 6.04 Å². The van der Waals surface area contributed by atoms with E-state index in [4.69, 9.17) is 0 Å². The van der Waals surface area contributed by atoms with Gasteiger partial charge in [0.1, 0.15) is 0 Å². The van der Waals surface area contributed by atoms with Gasteiger partial charge >= 0.3 is 0 Å². The summed E-state index contributed by atoms with van der Waals surface area (Å²) in [6, 6.07) is 1.11. The van der Waals surface area contributed by atoms with E-state index in [1.54, 1.807) is 0 Å². The number of nitrogens with one attached hydrogen (secondary N) is 1. The highest BCUT2D eigenvalue weighted by Crippen LogP contribution is 2.33. The Morgan fingerprint density at radius 3 is 2.79 bits per heavy atom. The van der Waals surface area contributed by atoms with E-state index >= 15 is 0 Å². The molecular formula is C12H20N2. The largest absolute Gasteiger partial charge is 0.306 e. The lowest BCUT2D eigenvalue weighted by atomic mass is 9.95. The van der Waals surface area contributed by atoms with Crippen LogP contribution in [0.2, 0.25) is 0 Å². The quantitative estimate of drug-likeness (QED) is 0.729. The first-order valence-electron chi connectivity index (χ1n) is 5.65. The molecule has 0 amide bonds. The SMILES string of the molecule is CC1=NC=CC(C)C1NC(C)C1CC1. The van der Waals surface area contributed by atoms with Gasteiger partial charge < -0.3 is 5.32 Å².